The lowest BCUT2D eigenvalue weighted by molar-refractivity contribution is -0.112. The van der Waals surface area contributed by atoms with E-state index in [-0.39, 0.29) is 11.4 Å². The molecule has 0 bridgehead atoms. The van der Waals surface area contributed by atoms with Crippen molar-refractivity contribution in [2.45, 2.75) is 13.5 Å². The molecule has 2 aromatic carbocycles. The largest absolute Gasteiger partial charge is 0.386 e. The second kappa shape index (κ2) is 8.45. The number of nitrogens with zero attached hydrogens (tertiary/aromatic N) is 1. The van der Waals surface area contributed by atoms with E-state index in [9.17, 15) is 9.18 Å². The molecule has 122 valence electrons. The van der Waals surface area contributed by atoms with E-state index in [1.165, 1.54) is 18.3 Å². The average Bonchev–Trinajstić information content (AvgIpc) is 2.54. The molecule has 2 N–H and O–H groups in total. The Hall–Kier alpha value is -2.40. The molecule has 0 fully saturated rings. The van der Waals surface area contributed by atoms with Gasteiger partial charge in [-0.05, 0) is 71.0 Å². The van der Waals surface area contributed by atoms with Crippen molar-refractivity contribution in [3.63, 3.8) is 0 Å². The Morgan fingerprint density at radius 1 is 1.33 bits per heavy atom. The number of nitriles is 1. The molecule has 0 saturated heterocycles. The molecular formula is C18H15FIN3O. The van der Waals surface area contributed by atoms with E-state index in [1.807, 2.05) is 25.1 Å². The first-order chi connectivity index (χ1) is 11.5. The Labute approximate surface area is 153 Å². The van der Waals surface area contributed by atoms with E-state index < -0.39 is 5.91 Å². The van der Waals surface area contributed by atoms with E-state index in [0.717, 1.165) is 14.7 Å². The van der Waals surface area contributed by atoms with Gasteiger partial charge in [0.25, 0.3) is 5.91 Å². The topological polar surface area (TPSA) is 64.9 Å². The fraction of sp³-hybridized carbons (Fsp3) is 0.111. The van der Waals surface area contributed by atoms with Gasteiger partial charge in [-0.25, -0.2) is 4.39 Å². The molecule has 0 spiro atoms. The van der Waals surface area contributed by atoms with Crippen LogP contribution >= 0.6 is 22.6 Å². The number of hydrogen-bond donors (Lipinski definition) is 2. The lowest BCUT2D eigenvalue weighted by Crippen LogP contribution is -2.17. The Bertz CT molecular complexity index is 827. The maximum atomic E-state index is 13.1. The Kier molecular flexibility index (Phi) is 6.32. The van der Waals surface area contributed by atoms with E-state index in [2.05, 4.69) is 33.2 Å². The Balaban J connectivity index is 2.01. The number of carbonyl (C=O) groups is 1. The number of halogens is 2. The zero-order valence-corrected chi connectivity index (χ0v) is 15.1. The second-order valence-electron chi connectivity index (χ2n) is 5.09. The molecule has 2 aromatic rings. The number of benzene rings is 2. The maximum absolute atomic E-state index is 13.1. The number of hydrogen-bond acceptors (Lipinski definition) is 3. The number of aryl methyl sites for hydroxylation is 1. The molecule has 0 aliphatic rings. The summed E-state index contributed by atoms with van der Waals surface area (Å²) >= 11 is 2.19. The van der Waals surface area contributed by atoms with Gasteiger partial charge < -0.3 is 10.6 Å². The molecule has 2 rings (SSSR count). The van der Waals surface area contributed by atoms with Gasteiger partial charge >= 0.3 is 0 Å². The first-order valence-corrected chi connectivity index (χ1v) is 8.23. The van der Waals surface area contributed by atoms with Crippen LogP contribution in [0, 0.1) is 27.6 Å². The molecule has 1 amide bonds. The lowest BCUT2D eigenvalue weighted by atomic mass is 10.2. The molecule has 0 aliphatic carbocycles. The van der Waals surface area contributed by atoms with Crippen LogP contribution in [0.2, 0.25) is 0 Å². The molecule has 6 heteroatoms. The van der Waals surface area contributed by atoms with Crippen LogP contribution in [-0.4, -0.2) is 5.91 Å². The first-order valence-electron chi connectivity index (χ1n) is 7.15. The number of nitrogens with one attached hydrogen (secondary N) is 2. The molecular weight excluding hydrogens is 420 g/mol. The van der Waals surface area contributed by atoms with E-state index in [1.54, 1.807) is 18.2 Å². The van der Waals surface area contributed by atoms with E-state index in [0.29, 0.717) is 12.2 Å². The third-order valence-corrected chi connectivity index (χ3v) is 3.91. The molecule has 0 aromatic heterocycles. The van der Waals surface area contributed by atoms with Gasteiger partial charge in [-0.15, -0.1) is 0 Å². The minimum Gasteiger partial charge on any atom is -0.386 e. The summed E-state index contributed by atoms with van der Waals surface area (Å²) < 4.78 is 14.2. The van der Waals surface area contributed by atoms with Crippen molar-refractivity contribution in [3.05, 3.63) is 74.8 Å². The monoisotopic (exact) mass is 435 g/mol. The Morgan fingerprint density at radius 3 is 2.79 bits per heavy atom. The average molecular weight is 435 g/mol. The molecule has 0 aliphatic heterocycles. The summed E-state index contributed by atoms with van der Waals surface area (Å²) in [5.41, 5.74) is 2.24. The summed E-state index contributed by atoms with van der Waals surface area (Å²) in [6.07, 6.45) is 1.34. The van der Waals surface area contributed by atoms with Crippen LogP contribution in [0.1, 0.15) is 11.1 Å². The van der Waals surface area contributed by atoms with Crippen LogP contribution in [0.15, 0.2) is 54.2 Å². The van der Waals surface area contributed by atoms with Gasteiger partial charge in [0.15, 0.2) is 0 Å². The minimum atomic E-state index is -0.492. The van der Waals surface area contributed by atoms with Crippen molar-refractivity contribution in [2.24, 2.45) is 0 Å². The summed E-state index contributed by atoms with van der Waals surface area (Å²) in [5, 5.41) is 14.7. The highest BCUT2D eigenvalue weighted by atomic mass is 127. The van der Waals surface area contributed by atoms with Crippen LogP contribution in [0.3, 0.4) is 0 Å². The summed E-state index contributed by atoms with van der Waals surface area (Å²) in [5.74, 6) is -0.820. The highest BCUT2D eigenvalue weighted by Crippen LogP contribution is 2.18. The number of rotatable bonds is 5. The summed E-state index contributed by atoms with van der Waals surface area (Å²) in [6.45, 7) is 2.20. The second-order valence-corrected chi connectivity index (χ2v) is 6.34. The van der Waals surface area contributed by atoms with Crippen molar-refractivity contribution >= 4 is 34.2 Å². The van der Waals surface area contributed by atoms with E-state index in [4.69, 9.17) is 5.26 Å². The number of carbonyl (C=O) groups excluding carboxylic acids is 1. The normalized spacial score (nSPS) is 10.8. The van der Waals surface area contributed by atoms with Crippen LogP contribution in [0.25, 0.3) is 0 Å². The van der Waals surface area contributed by atoms with Crippen LogP contribution in [0.4, 0.5) is 10.1 Å². The molecule has 0 radical (unpaired) electrons. The third-order valence-electron chi connectivity index (χ3n) is 3.24. The predicted molar refractivity (Wildman–Crippen MR) is 99.5 cm³/mol. The quantitative estimate of drug-likeness (QED) is 0.426. The van der Waals surface area contributed by atoms with Gasteiger partial charge in [0.1, 0.15) is 17.5 Å². The number of anilines is 1. The van der Waals surface area contributed by atoms with Gasteiger partial charge in [-0.3, -0.25) is 4.79 Å². The van der Waals surface area contributed by atoms with Gasteiger partial charge in [0.05, 0.1) is 0 Å². The third kappa shape index (κ3) is 5.06. The highest BCUT2D eigenvalue weighted by molar-refractivity contribution is 14.1. The molecule has 0 unspecified atom stereocenters. The SMILES string of the molecule is Cc1cc(I)ccc1NC(=O)/C(C#N)=C\NCc1cccc(F)c1. The van der Waals surface area contributed by atoms with Crippen molar-refractivity contribution < 1.29 is 9.18 Å². The summed E-state index contributed by atoms with van der Waals surface area (Å²) in [6, 6.07) is 13.6. The molecule has 4 nitrogen and oxygen atoms in total. The van der Waals surface area contributed by atoms with Crippen LogP contribution in [0.5, 0.6) is 0 Å². The van der Waals surface area contributed by atoms with Gasteiger partial charge in [-0.1, -0.05) is 12.1 Å². The van der Waals surface area contributed by atoms with Crippen molar-refractivity contribution in [1.29, 1.82) is 5.26 Å². The van der Waals surface area contributed by atoms with Gasteiger partial charge in [0, 0.05) is 22.0 Å². The smallest absolute Gasteiger partial charge is 0.267 e. The zero-order valence-electron chi connectivity index (χ0n) is 12.9. The highest BCUT2D eigenvalue weighted by Gasteiger charge is 2.10. The van der Waals surface area contributed by atoms with Gasteiger partial charge in [-0.2, -0.15) is 5.26 Å². The van der Waals surface area contributed by atoms with E-state index >= 15 is 0 Å². The van der Waals surface area contributed by atoms with Gasteiger partial charge in [0.2, 0.25) is 0 Å². The van der Waals surface area contributed by atoms with Crippen LogP contribution < -0.4 is 10.6 Å². The van der Waals surface area contributed by atoms with Crippen molar-refractivity contribution in [3.8, 4) is 6.07 Å². The molecule has 0 saturated carbocycles. The summed E-state index contributed by atoms with van der Waals surface area (Å²) in [4.78, 5) is 12.2. The van der Waals surface area contributed by atoms with Crippen molar-refractivity contribution in [2.75, 3.05) is 5.32 Å². The number of amides is 1. The fourth-order valence-corrected chi connectivity index (χ4v) is 2.67. The summed E-state index contributed by atoms with van der Waals surface area (Å²) in [7, 11) is 0. The first kappa shape index (κ1) is 17.9. The van der Waals surface area contributed by atoms with Crippen LogP contribution in [-0.2, 0) is 11.3 Å². The fourth-order valence-electron chi connectivity index (χ4n) is 2.02. The maximum Gasteiger partial charge on any atom is 0.267 e. The zero-order chi connectivity index (χ0) is 17.5. The predicted octanol–water partition coefficient (Wildman–Crippen LogP) is 3.87. The lowest BCUT2D eigenvalue weighted by Gasteiger charge is -2.08. The molecule has 24 heavy (non-hydrogen) atoms. The van der Waals surface area contributed by atoms with Crippen molar-refractivity contribution in [1.82, 2.24) is 5.32 Å². The molecule has 0 atom stereocenters. The standard InChI is InChI=1S/C18H15FIN3O/c1-12-7-16(20)5-6-17(12)23-18(24)14(9-21)11-22-10-13-3-2-4-15(19)8-13/h2-8,11,22H,10H2,1H3,(H,23,24)/b14-11-. The Morgan fingerprint density at radius 2 is 2.12 bits per heavy atom. The molecule has 0 heterocycles. The minimum absolute atomic E-state index is 0.0515.